The number of ether oxygens (including phenoxy) is 2. The van der Waals surface area contributed by atoms with Gasteiger partial charge in [0.25, 0.3) is 5.91 Å². The number of carbonyl (C=O) groups excluding carboxylic acids is 1. The van der Waals surface area contributed by atoms with Gasteiger partial charge in [-0.3, -0.25) is 4.79 Å². The SMILES string of the molecule is COc1ccc(C[NH+]2CCN(C(=O)c3ccc(-n4nccc4C)cc3)CC2)cc1OC. The van der Waals surface area contributed by atoms with Gasteiger partial charge >= 0.3 is 0 Å². The summed E-state index contributed by atoms with van der Waals surface area (Å²) in [7, 11) is 3.30. The van der Waals surface area contributed by atoms with Crippen LogP contribution in [0, 0.1) is 6.92 Å². The number of aromatic nitrogens is 2. The Morgan fingerprint density at radius 2 is 1.71 bits per heavy atom. The highest BCUT2D eigenvalue weighted by Gasteiger charge is 2.25. The molecule has 1 fully saturated rings. The van der Waals surface area contributed by atoms with E-state index in [1.807, 2.05) is 59.0 Å². The van der Waals surface area contributed by atoms with Gasteiger partial charge in [0, 0.05) is 23.0 Å². The Morgan fingerprint density at radius 3 is 2.32 bits per heavy atom. The van der Waals surface area contributed by atoms with Crippen molar-refractivity contribution in [2.45, 2.75) is 13.5 Å². The predicted octanol–water partition coefficient (Wildman–Crippen LogP) is 1.74. The van der Waals surface area contributed by atoms with E-state index >= 15 is 0 Å². The molecule has 0 atom stereocenters. The molecule has 0 spiro atoms. The largest absolute Gasteiger partial charge is 0.493 e. The number of nitrogens with zero attached hydrogens (tertiary/aromatic N) is 3. The van der Waals surface area contributed by atoms with Gasteiger partial charge in [0.15, 0.2) is 11.5 Å². The molecule has 162 valence electrons. The molecule has 1 aliphatic rings. The highest BCUT2D eigenvalue weighted by Crippen LogP contribution is 2.27. The van der Waals surface area contributed by atoms with Gasteiger partial charge in [-0.1, -0.05) is 0 Å². The molecule has 0 radical (unpaired) electrons. The van der Waals surface area contributed by atoms with Gasteiger partial charge in [-0.2, -0.15) is 5.10 Å². The van der Waals surface area contributed by atoms with Gasteiger partial charge in [0.2, 0.25) is 0 Å². The summed E-state index contributed by atoms with van der Waals surface area (Å²) in [5.41, 5.74) is 3.95. The summed E-state index contributed by atoms with van der Waals surface area (Å²) < 4.78 is 12.6. The lowest BCUT2D eigenvalue weighted by Gasteiger charge is -2.32. The fourth-order valence-corrected chi connectivity index (χ4v) is 4.05. The minimum atomic E-state index is 0.0916. The van der Waals surface area contributed by atoms with Crippen LogP contribution in [0.2, 0.25) is 0 Å². The summed E-state index contributed by atoms with van der Waals surface area (Å²) in [6.45, 7) is 6.26. The molecule has 31 heavy (non-hydrogen) atoms. The van der Waals surface area contributed by atoms with E-state index in [9.17, 15) is 4.79 Å². The number of carbonyl (C=O) groups is 1. The van der Waals surface area contributed by atoms with Crippen LogP contribution in [-0.4, -0.2) is 61.0 Å². The lowest BCUT2D eigenvalue weighted by molar-refractivity contribution is -0.917. The van der Waals surface area contributed by atoms with Crippen LogP contribution in [0.3, 0.4) is 0 Å². The molecular weight excluding hydrogens is 392 g/mol. The Hall–Kier alpha value is -3.32. The fourth-order valence-electron chi connectivity index (χ4n) is 4.05. The first-order chi connectivity index (χ1) is 15.1. The maximum atomic E-state index is 12.9. The second kappa shape index (κ2) is 9.22. The molecule has 2 heterocycles. The van der Waals surface area contributed by atoms with E-state index in [0.29, 0.717) is 0 Å². The van der Waals surface area contributed by atoms with Crippen LogP contribution in [0.4, 0.5) is 0 Å². The summed E-state index contributed by atoms with van der Waals surface area (Å²) >= 11 is 0. The number of benzene rings is 2. The van der Waals surface area contributed by atoms with E-state index in [4.69, 9.17) is 9.47 Å². The molecule has 0 unspecified atom stereocenters. The maximum Gasteiger partial charge on any atom is 0.254 e. The zero-order valence-corrected chi connectivity index (χ0v) is 18.3. The number of hydrogen-bond donors (Lipinski definition) is 1. The molecule has 3 aromatic rings. The average molecular weight is 422 g/mol. The molecular formula is C24H29N4O3+. The second-order valence-electron chi connectivity index (χ2n) is 7.84. The minimum Gasteiger partial charge on any atom is -0.493 e. The molecule has 1 aromatic heterocycles. The summed E-state index contributed by atoms with van der Waals surface area (Å²) in [6.07, 6.45) is 1.78. The Morgan fingerprint density at radius 1 is 1.00 bits per heavy atom. The van der Waals surface area contributed by atoms with Gasteiger partial charge in [0.1, 0.15) is 6.54 Å². The smallest absolute Gasteiger partial charge is 0.254 e. The first-order valence-electron chi connectivity index (χ1n) is 10.5. The van der Waals surface area contributed by atoms with E-state index in [2.05, 4.69) is 11.2 Å². The molecule has 1 saturated heterocycles. The van der Waals surface area contributed by atoms with Crippen LogP contribution >= 0.6 is 0 Å². The molecule has 1 aliphatic heterocycles. The normalized spacial score (nSPS) is 14.5. The van der Waals surface area contributed by atoms with Gasteiger partial charge in [0.05, 0.1) is 46.1 Å². The predicted molar refractivity (Wildman–Crippen MR) is 118 cm³/mol. The first-order valence-corrected chi connectivity index (χ1v) is 10.5. The lowest BCUT2D eigenvalue weighted by Crippen LogP contribution is -3.13. The van der Waals surface area contributed by atoms with Crippen molar-refractivity contribution in [1.29, 1.82) is 0 Å². The summed E-state index contributed by atoms with van der Waals surface area (Å²) in [6, 6.07) is 15.7. The minimum absolute atomic E-state index is 0.0916. The summed E-state index contributed by atoms with van der Waals surface area (Å²) in [5.74, 6) is 1.58. The molecule has 2 aromatic carbocycles. The summed E-state index contributed by atoms with van der Waals surface area (Å²) in [4.78, 5) is 16.4. The monoisotopic (exact) mass is 421 g/mol. The van der Waals surface area contributed by atoms with Gasteiger partial charge < -0.3 is 19.3 Å². The van der Waals surface area contributed by atoms with E-state index in [1.165, 1.54) is 10.5 Å². The van der Waals surface area contributed by atoms with Gasteiger partial charge in [-0.15, -0.1) is 0 Å². The van der Waals surface area contributed by atoms with E-state index in [0.717, 1.165) is 61.2 Å². The Kier molecular flexibility index (Phi) is 6.23. The van der Waals surface area contributed by atoms with Gasteiger partial charge in [-0.05, 0) is 55.5 Å². The van der Waals surface area contributed by atoms with Gasteiger partial charge in [-0.25, -0.2) is 4.68 Å². The van der Waals surface area contributed by atoms with Crippen molar-refractivity contribution in [3.05, 3.63) is 71.5 Å². The number of piperazine rings is 1. The molecule has 7 nitrogen and oxygen atoms in total. The van der Waals surface area contributed by atoms with Crippen molar-refractivity contribution in [2.24, 2.45) is 0 Å². The zero-order valence-electron chi connectivity index (χ0n) is 18.3. The number of nitrogens with one attached hydrogen (secondary N) is 1. The van der Waals surface area contributed by atoms with E-state index < -0.39 is 0 Å². The van der Waals surface area contributed by atoms with E-state index in [-0.39, 0.29) is 5.91 Å². The topological polar surface area (TPSA) is 61.0 Å². The maximum absolute atomic E-state index is 12.9. The highest BCUT2D eigenvalue weighted by molar-refractivity contribution is 5.94. The molecule has 1 N–H and O–H groups in total. The van der Waals surface area contributed by atoms with Crippen LogP contribution in [0.25, 0.3) is 5.69 Å². The zero-order chi connectivity index (χ0) is 21.8. The second-order valence-corrected chi connectivity index (χ2v) is 7.84. The number of rotatable bonds is 6. The molecule has 7 heteroatoms. The van der Waals surface area contributed by atoms with Crippen LogP contribution in [0.1, 0.15) is 21.6 Å². The van der Waals surface area contributed by atoms with Crippen molar-refractivity contribution >= 4 is 5.91 Å². The lowest BCUT2D eigenvalue weighted by atomic mass is 10.1. The van der Waals surface area contributed by atoms with Crippen LogP contribution in [-0.2, 0) is 6.54 Å². The van der Waals surface area contributed by atoms with Crippen LogP contribution in [0.5, 0.6) is 11.5 Å². The summed E-state index contributed by atoms with van der Waals surface area (Å²) in [5, 5.41) is 4.32. The molecule has 4 rings (SSSR count). The standard InChI is InChI=1S/C24H28N4O3/c1-18-10-11-25-28(18)21-7-5-20(6-8-21)24(29)27-14-12-26(13-15-27)17-19-4-9-22(30-2)23(16-19)31-3/h4-11,16H,12-15,17H2,1-3H3/p+1. The molecule has 0 aliphatic carbocycles. The average Bonchev–Trinajstić information content (AvgIpc) is 3.25. The number of quaternary nitrogens is 1. The Labute approximate surface area is 182 Å². The van der Waals surface area contributed by atoms with Crippen molar-refractivity contribution in [3.8, 4) is 17.2 Å². The van der Waals surface area contributed by atoms with Crippen molar-refractivity contribution in [1.82, 2.24) is 14.7 Å². The number of amides is 1. The molecule has 0 bridgehead atoms. The third kappa shape index (κ3) is 4.56. The quantitative estimate of drug-likeness (QED) is 0.659. The number of aryl methyl sites for hydroxylation is 1. The Bertz CT molecular complexity index is 1040. The number of hydrogen-bond acceptors (Lipinski definition) is 4. The molecule has 0 saturated carbocycles. The Balaban J connectivity index is 1.34. The van der Waals surface area contributed by atoms with E-state index in [1.54, 1.807) is 20.4 Å². The third-order valence-corrected chi connectivity index (χ3v) is 5.85. The highest BCUT2D eigenvalue weighted by atomic mass is 16.5. The van der Waals surface area contributed by atoms with Crippen molar-refractivity contribution < 1.29 is 19.2 Å². The number of methoxy groups -OCH3 is 2. The molecule has 1 amide bonds. The van der Waals surface area contributed by atoms with Crippen LogP contribution in [0.15, 0.2) is 54.7 Å². The third-order valence-electron chi connectivity index (χ3n) is 5.85. The van der Waals surface area contributed by atoms with Crippen molar-refractivity contribution in [2.75, 3.05) is 40.4 Å². The fraction of sp³-hybridized carbons (Fsp3) is 0.333. The van der Waals surface area contributed by atoms with Crippen LogP contribution < -0.4 is 14.4 Å². The van der Waals surface area contributed by atoms with Crippen molar-refractivity contribution in [3.63, 3.8) is 0 Å². The first kappa shape index (κ1) is 20.9.